The average molecular weight is 368 g/mol. The highest BCUT2D eigenvalue weighted by atomic mass is 35.5. The number of aromatic nitrogens is 3. The van der Waals surface area contributed by atoms with Crippen LogP contribution in [0.1, 0.15) is 5.56 Å². The van der Waals surface area contributed by atoms with Crippen molar-refractivity contribution in [3.63, 3.8) is 0 Å². The molecule has 0 bridgehead atoms. The van der Waals surface area contributed by atoms with Crippen molar-refractivity contribution in [3.05, 3.63) is 46.5 Å². The first-order valence-corrected chi connectivity index (χ1v) is 7.99. The zero-order valence-electron chi connectivity index (χ0n) is 12.7. The van der Waals surface area contributed by atoms with Gasteiger partial charge in [0.15, 0.2) is 0 Å². The highest BCUT2D eigenvalue weighted by Crippen LogP contribution is 2.40. The van der Waals surface area contributed by atoms with Crippen LogP contribution in [0.5, 0.6) is 0 Å². The zero-order valence-corrected chi connectivity index (χ0v) is 14.2. The molecular formula is C16H15Cl2N3O3. The van der Waals surface area contributed by atoms with E-state index in [0.29, 0.717) is 35.4 Å². The SMILES string of the molecule is C#CCOC[C@@H]1CO[C@@](Cn2cncn2)(c2ccc(Cl)cc2Cl)O1. The fraction of sp³-hybridized carbons (Fsp3) is 0.375. The average Bonchev–Trinajstić information content (AvgIpc) is 3.19. The molecule has 0 unspecified atom stereocenters. The minimum atomic E-state index is -1.10. The summed E-state index contributed by atoms with van der Waals surface area (Å²) < 4.78 is 19.1. The minimum Gasteiger partial charge on any atom is -0.366 e. The standard InChI is InChI=1S/C16H15Cl2N3O3/c1-2-5-22-7-13-8-23-16(24-13,9-21-11-19-10-20-21)14-4-3-12(17)6-15(14)18/h1,3-4,6,10-11,13H,5,7-9H2/t13-,16-/m1/s1. The summed E-state index contributed by atoms with van der Waals surface area (Å²) in [6, 6.07) is 5.17. The van der Waals surface area contributed by atoms with Crippen LogP contribution in [0.4, 0.5) is 0 Å². The van der Waals surface area contributed by atoms with Crippen LogP contribution in [0.3, 0.4) is 0 Å². The molecule has 0 radical (unpaired) electrons. The van der Waals surface area contributed by atoms with Crippen LogP contribution >= 0.6 is 23.2 Å². The van der Waals surface area contributed by atoms with Gasteiger partial charge in [-0.2, -0.15) is 5.10 Å². The fourth-order valence-corrected chi connectivity index (χ4v) is 3.08. The van der Waals surface area contributed by atoms with Gasteiger partial charge in [0.05, 0.1) is 18.2 Å². The number of rotatable bonds is 6. The highest BCUT2D eigenvalue weighted by molar-refractivity contribution is 6.35. The maximum atomic E-state index is 6.37. The van der Waals surface area contributed by atoms with Gasteiger partial charge in [-0.25, -0.2) is 9.67 Å². The van der Waals surface area contributed by atoms with Crippen molar-refractivity contribution in [2.24, 2.45) is 0 Å². The first-order valence-electron chi connectivity index (χ1n) is 7.24. The largest absolute Gasteiger partial charge is 0.366 e. The van der Waals surface area contributed by atoms with E-state index < -0.39 is 5.79 Å². The molecule has 0 N–H and O–H groups in total. The van der Waals surface area contributed by atoms with Crippen LogP contribution in [-0.4, -0.2) is 40.7 Å². The maximum Gasteiger partial charge on any atom is 0.217 e. The predicted octanol–water partition coefficient (Wildman–Crippen LogP) is 2.50. The number of hydrogen-bond donors (Lipinski definition) is 0. The maximum absolute atomic E-state index is 6.37. The van der Waals surface area contributed by atoms with Gasteiger partial charge in [-0.1, -0.05) is 35.2 Å². The van der Waals surface area contributed by atoms with Gasteiger partial charge in [-0.3, -0.25) is 0 Å². The summed E-state index contributed by atoms with van der Waals surface area (Å²) in [4.78, 5) is 3.95. The molecule has 0 aliphatic carbocycles. The molecule has 0 spiro atoms. The van der Waals surface area contributed by atoms with Gasteiger partial charge in [0, 0.05) is 10.6 Å². The summed E-state index contributed by atoms with van der Waals surface area (Å²) in [7, 11) is 0. The molecule has 2 atom stereocenters. The summed E-state index contributed by atoms with van der Waals surface area (Å²) in [6.07, 6.45) is 7.94. The molecule has 1 aliphatic heterocycles. The Balaban J connectivity index is 1.86. The summed E-state index contributed by atoms with van der Waals surface area (Å²) in [5.74, 6) is 1.32. The van der Waals surface area contributed by atoms with E-state index in [1.165, 1.54) is 6.33 Å². The number of halogens is 2. The van der Waals surface area contributed by atoms with Crippen LogP contribution in [0.25, 0.3) is 0 Å². The molecule has 1 saturated heterocycles. The van der Waals surface area contributed by atoms with Gasteiger partial charge in [-0.15, -0.1) is 6.42 Å². The number of benzene rings is 1. The number of terminal acetylenes is 1. The van der Waals surface area contributed by atoms with Crippen LogP contribution in [0.15, 0.2) is 30.9 Å². The Hall–Kier alpha value is -1.62. The highest BCUT2D eigenvalue weighted by Gasteiger charge is 2.45. The Kier molecular flexibility index (Phi) is 5.39. The van der Waals surface area contributed by atoms with Gasteiger partial charge in [0.25, 0.3) is 0 Å². The first kappa shape index (κ1) is 17.2. The van der Waals surface area contributed by atoms with E-state index in [2.05, 4.69) is 16.0 Å². The third-order valence-electron chi connectivity index (χ3n) is 3.53. The van der Waals surface area contributed by atoms with Crippen LogP contribution in [0.2, 0.25) is 10.0 Å². The molecule has 0 saturated carbocycles. The molecule has 1 fully saturated rings. The van der Waals surface area contributed by atoms with Gasteiger partial charge in [0.1, 0.15) is 31.9 Å². The molecule has 1 aromatic carbocycles. The fourth-order valence-electron chi connectivity index (χ4n) is 2.53. The Labute approximate surface area is 149 Å². The Morgan fingerprint density at radius 2 is 2.33 bits per heavy atom. The van der Waals surface area contributed by atoms with E-state index in [1.807, 2.05) is 0 Å². The molecule has 1 aromatic heterocycles. The lowest BCUT2D eigenvalue weighted by Crippen LogP contribution is -2.34. The molecule has 6 nitrogen and oxygen atoms in total. The van der Waals surface area contributed by atoms with E-state index in [4.69, 9.17) is 43.8 Å². The van der Waals surface area contributed by atoms with Crippen LogP contribution in [-0.2, 0) is 26.5 Å². The van der Waals surface area contributed by atoms with Crippen molar-refractivity contribution >= 4 is 23.2 Å². The quantitative estimate of drug-likeness (QED) is 0.579. The minimum absolute atomic E-state index is 0.220. The third-order valence-corrected chi connectivity index (χ3v) is 4.07. The normalized spacial score (nSPS) is 23.3. The Bertz CT molecular complexity index is 733. The summed E-state index contributed by atoms with van der Waals surface area (Å²) >= 11 is 12.4. The monoisotopic (exact) mass is 367 g/mol. The number of hydrogen-bond acceptors (Lipinski definition) is 5. The lowest BCUT2D eigenvalue weighted by molar-refractivity contribution is -0.192. The van der Waals surface area contributed by atoms with Gasteiger partial charge < -0.3 is 14.2 Å². The van der Waals surface area contributed by atoms with E-state index >= 15 is 0 Å². The van der Waals surface area contributed by atoms with Crippen molar-refractivity contribution in [2.45, 2.75) is 18.4 Å². The van der Waals surface area contributed by atoms with E-state index in [9.17, 15) is 0 Å². The molecule has 0 amide bonds. The molecular weight excluding hydrogens is 353 g/mol. The van der Waals surface area contributed by atoms with Crippen LogP contribution < -0.4 is 0 Å². The van der Waals surface area contributed by atoms with Crippen molar-refractivity contribution < 1.29 is 14.2 Å². The van der Waals surface area contributed by atoms with Crippen molar-refractivity contribution in [1.29, 1.82) is 0 Å². The molecule has 126 valence electrons. The molecule has 2 aromatic rings. The second kappa shape index (κ2) is 7.51. The Morgan fingerprint density at radius 1 is 1.46 bits per heavy atom. The summed E-state index contributed by atoms with van der Waals surface area (Å²) in [6.45, 7) is 1.18. The topological polar surface area (TPSA) is 58.4 Å². The van der Waals surface area contributed by atoms with E-state index in [1.54, 1.807) is 29.2 Å². The van der Waals surface area contributed by atoms with Gasteiger partial charge >= 0.3 is 0 Å². The van der Waals surface area contributed by atoms with E-state index in [0.717, 1.165) is 0 Å². The predicted molar refractivity (Wildman–Crippen MR) is 88.6 cm³/mol. The van der Waals surface area contributed by atoms with Crippen molar-refractivity contribution in [3.8, 4) is 12.3 Å². The number of nitrogens with zero attached hydrogens (tertiary/aromatic N) is 3. The summed E-state index contributed by atoms with van der Waals surface area (Å²) in [5, 5.41) is 5.10. The van der Waals surface area contributed by atoms with Crippen molar-refractivity contribution in [1.82, 2.24) is 14.8 Å². The third kappa shape index (κ3) is 3.72. The summed E-state index contributed by atoms with van der Waals surface area (Å²) in [5.41, 5.74) is 0.670. The van der Waals surface area contributed by atoms with Crippen LogP contribution in [0, 0.1) is 12.3 Å². The van der Waals surface area contributed by atoms with Crippen molar-refractivity contribution in [2.75, 3.05) is 19.8 Å². The zero-order chi connectivity index (χ0) is 17.0. The lowest BCUT2D eigenvalue weighted by atomic mass is 10.1. The second-order valence-electron chi connectivity index (χ2n) is 5.24. The van der Waals surface area contributed by atoms with Gasteiger partial charge in [-0.05, 0) is 12.1 Å². The lowest BCUT2D eigenvalue weighted by Gasteiger charge is -2.29. The Morgan fingerprint density at radius 3 is 3.04 bits per heavy atom. The molecule has 24 heavy (non-hydrogen) atoms. The molecule has 2 heterocycles. The van der Waals surface area contributed by atoms with Gasteiger partial charge in [0.2, 0.25) is 5.79 Å². The first-order chi connectivity index (χ1) is 11.6. The molecule has 3 rings (SSSR count). The van der Waals surface area contributed by atoms with E-state index in [-0.39, 0.29) is 12.7 Å². The molecule has 8 heteroatoms. The second-order valence-corrected chi connectivity index (χ2v) is 6.08. The number of ether oxygens (including phenoxy) is 3. The molecule has 1 aliphatic rings. The smallest absolute Gasteiger partial charge is 0.217 e.